The lowest BCUT2D eigenvalue weighted by atomic mass is 10.0. The van der Waals surface area contributed by atoms with Gasteiger partial charge in [-0.1, -0.05) is 0 Å². The molecule has 1 nitrogen and oxygen atoms in total. The molecule has 2 aromatic rings. The van der Waals surface area contributed by atoms with Gasteiger partial charge in [0.2, 0.25) is 0 Å². The first-order valence-electron chi connectivity index (χ1n) is 4.42. The summed E-state index contributed by atoms with van der Waals surface area (Å²) in [5.41, 5.74) is -0.524. The third-order valence-electron chi connectivity index (χ3n) is 2.06. The molecule has 1 aromatic heterocycles. The van der Waals surface area contributed by atoms with E-state index >= 15 is 0 Å². The molecule has 0 N–H and O–H groups in total. The summed E-state index contributed by atoms with van der Waals surface area (Å²) < 4.78 is 40.2. The predicted molar refractivity (Wildman–Crippen MR) is 66.8 cm³/mol. The van der Waals surface area contributed by atoms with Gasteiger partial charge in [-0.05, 0) is 28.7 Å². The molecule has 0 fully saturated rings. The Hall–Kier alpha value is -0.890. The van der Waals surface area contributed by atoms with E-state index in [0.29, 0.717) is 12.1 Å². The van der Waals surface area contributed by atoms with Crippen LogP contribution in [0.25, 0.3) is 0 Å². The summed E-state index contributed by atoms with van der Waals surface area (Å²) >= 11 is 3.28. The van der Waals surface area contributed by atoms with E-state index in [1.807, 2.05) is 22.6 Å². The van der Waals surface area contributed by atoms with Crippen molar-refractivity contribution in [1.29, 1.82) is 0 Å². The topological polar surface area (TPSA) is 17.1 Å². The van der Waals surface area contributed by atoms with Crippen LogP contribution >= 0.6 is 33.9 Å². The van der Waals surface area contributed by atoms with Crippen LogP contribution in [0, 0.1) is 20.3 Å². The van der Waals surface area contributed by atoms with Gasteiger partial charge < -0.3 is 0 Å². The smallest absolute Gasteiger partial charge is 0.199 e. The number of ketones is 1. The zero-order valence-corrected chi connectivity index (χ0v) is 11.1. The second-order valence-corrected chi connectivity index (χ2v) is 6.02. The molecule has 0 unspecified atom stereocenters. The number of rotatable bonds is 2. The van der Waals surface area contributed by atoms with Crippen molar-refractivity contribution in [2.45, 2.75) is 0 Å². The standard InChI is InChI=1S/C11H4F3IOS/c12-6-2-7(13)10(8(14)3-6)11(16)5-1-9(15)17-4-5/h1-4H. The van der Waals surface area contributed by atoms with Crippen molar-refractivity contribution in [2.75, 3.05) is 0 Å². The van der Waals surface area contributed by atoms with E-state index in [1.54, 1.807) is 0 Å². The van der Waals surface area contributed by atoms with Crippen LogP contribution in [0.3, 0.4) is 0 Å². The number of carbonyl (C=O) groups excluding carboxylic acids is 1. The van der Waals surface area contributed by atoms with E-state index in [1.165, 1.54) is 22.8 Å². The van der Waals surface area contributed by atoms with Gasteiger partial charge in [-0.2, -0.15) is 0 Å². The summed E-state index contributed by atoms with van der Waals surface area (Å²) in [5.74, 6) is -4.20. The van der Waals surface area contributed by atoms with Crippen molar-refractivity contribution < 1.29 is 18.0 Å². The van der Waals surface area contributed by atoms with Crippen LogP contribution in [0.15, 0.2) is 23.6 Å². The van der Waals surface area contributed by atoms with Gasteiger partial charge in [-0.3, -0.25) is 4.79 Å². The quantitative estimate of drug-likeness (QED) is 0.579. The fourth-order valence-electron chi connectivity index (χ4n) is 1.33. The molecule has 6 heteroatoms. The lowest BCUT2D eigenvalue weighted by molar-refractivity contribution is 0.103. The molecule has 0 saturated carbocycles. The summed E-state index contributed by atoms with van der Waals surface area (Å²) in [6.07, 6.45) is 0. The lowest BCUT2D eigenvalue weighted by Crippen LogP contribution is -2.07. The molecule has 0 radical (unpaired) electrons. The second-order valence-electron chi connectivity index (χ2n) is 3.21. The Morgan fingerprint density at radius 1 is 1.12 bits per heavy atom. The molecule has 0 aliphatic heterocycles. The van der Waals surface area contributed by atoms with Crippen molar-refractivity contribution in [3.05, 3.63) is 55.0 Å². The van der Waals surface area contributed by atoms with Gasteiger partial charge in [0.1, 0.15) is 17.5 Å². The maximum atomic E-state index is 13.4. The first-order chi connectivity index (χ1) is 7.99. The molecule has 0 bridgehead atoms. The summed E-state index contributed by atoms with van der Waals surface area (Å²) in [6, 6.07) is 2.51. The van der Waals surface area contributed by atoms with Crippen molar-refractivity contribution in [3.63, 3.8) is 0 Å². The summed E-state index contributed by atoms with van der Waals surface area (Å²) in [4.78, 5) is 11.8. The van der Waals surface area contributed by atoms with E-state index in [4.69, 9.17) is 0 Å². The molecule has 17 heavy (non-hydrogen) atoms. The van der Waals surface area contributed by atoms with E-state index in [0.717, 1.165) is 2.88 Å². The second kappa shape index (κ2) is 4.77. The maximum absolute atomic E-state index is 13.4. The highest BCUT2D eigenvalue weighted by Crippen LogP contribution is 2.23. The van der Waals surface area contributed by atoms with Crippen molar-refractivity contribution >= 4 is 39.7 Å². The first kappa shape index (κ1) is 12.6. The lowest BCUT2D eigenvalue weighted by Gasteiger charge is -2.02. The maximum Gasteiger partial charge on any atom is 0.199 e. The normalized spacial score (nSPS) is 10.6. The Labute approximate surface area is 112 Å². The number of halogens is 4. The van der Waals surface area contributed by atoms with Crippen molar-refractivity contribution in [1.82, 2.24) is 0 Å². The minimum Gasteiger partial charge on any atom is -0.288 e. The van der Waals surface area contributed by atoms with Gasteiger partial charge >= 0.3 is 0 Å². The molecule has 0 amide bonds. The molecule has 0 saturated heterocycles. The predicted octanol–water partition coefficient (Wildman–Crippen LogP) is 4.00. The molecule has 2 rings (SSSR count). The van der Waals surface area contributed by atoms with Crippen LogP contribution < -0.4 is 0 Å². The summed E-state index contributed by atoms with van der Waals surface area (Å²) in [7, 11) is 0. The van der Waals surface area contributed by atoms with Gasteiger partial charge in [0.15, 0.2) is 5.78 Å². The molecule has 88 valence electrons. The van der Waals surface area contributed by atoms with Crippen LogP contribution in [0.4, 0.5) is 13.2 Å². The number of thiophene rings is 1. The molecule has 1 aromatic carbocycles. The van der Waals surface area contributed by atoms with Crippen molar-refractivity contribution in [2.24, 2.45) is 0 Å². The molecule has 0 aliphatic rings. The molecule has 0 atom stereocenters. The Kier molecular flexibility index (Phi) is 3.53. The van der Waals surface area contributed by atoms with E-state index in [2.05, 4.69) is 0 Å². The first-order valence-corrected chi connectivity index (χ1v) is 6.38. The summed E-state index contributed by atoms with van der Waals surface area (Å²) in [5, 5.41) is 1.51. The minimum atomic E-state index is -1.19. The largest absolute Gasteiger partial charge is 0.288 e. The Morgan fingerprint density at radius 2 is 1.71 bits per heavy atom. The van der Waals surface area contributed by atoms with E-state index in [-0.39, 0.29) is 5.56 Å². The Balaban J connectivity index is 2.51. The fraction of sp³-hybridized carbons (Fsp3) is 0. The Bertz CT molecular complexity index is 571. The van der Waals surface area contributed by atoms with Crippen LogP contribution in [-0.2, 0) is 0 Å². The van der Waals surface area contributed by atoms with Gasteiger partial charge in [0.05, 0.1) is 8.45 Å². The summed E-state index contributed by atoms with van der Waals surface area (Å²) in [6.45, 7) is 0. The van der Waals surface area contributed by atoms with Crippen molar-refractivity contribution in [3.8, 4) is 0 Å². The van der Waals surface area contributed by atoms with Crippen LogP contribution in [0.2, 0.25) is 0 Å². The zero-order valence-electron chi connectivity index (χ0n) is 8.14. The van der Waals surface area contributed by atoms with Gasteiger partial charge in [0.25, 0.3) is 0 Å². The third-order valence-corrected chi connectivity index (χ3v) is 3.85. The SMILES string of the molecule is O=C(c1csc(I)c1)c1c(F)cc(F)cc1F. The third kappa shape index (κ3) is 2.52. The van der Waals surface area contributed by atoms with E-state index < -0.39 is 28.8 Å². The van der Waals surface area contributed by atoms with Crippen LogP contribution in [0.5, 0.6) is 0 Å². The van der Waals surface area contributed by atoms with Gasteiger partial charge in [-0.25, -0.2) is 13.2 Å². The fourth-order valence-corrected chi connectivity index (χ4v) is 2.66. The van der Waals surface area contributed by atoms with Crippen LogP contribution in [-0.4, -0.2) is 5.78 Å². The van der Waals surface area contributed by atoms with E-state index in [9.17, 15) is 18.0 Å². The minimum absolute atomic E-state index is 0.198. The monoisotopic (exact) mass is 368 g/mol. The average molecular weight is 368 g/mol. The van der Waals surface area contributed by atoms with Crippen LogP contribution in [0.1, 0.15) is 15.9 Å². The number of hydrogen-bond acceptors (Lipinski definition) is 2. The number of carbonyl (C=O) groups is 1. The zero-order chi connectivity index (χ0) is 12.6. The molecule has 0 aliphatic carbocycles. The molecule has 0 spiro atoms. The molecule has 1 heterocycles. The van der Waals surface area contributed by atoms with Gasteiger partial charge in [0, 0.05) is 23.1 Å². The molecular formula is C11H4F3IOS. The Morgan fingerprint density at radius 3 is 2.18 bits per heavy atom. The molecular weight excluding hydrogens is 364 g/mol. The van der Waals surface area contributed by atoms with Gasteiger partial charge in [-0.15, -0.1) is 11.3 Å². The number of benzene rings is 1. The number of hydrogen-bond donors (Lipinski definition) is 0. The highest BCUT2D eigenvalue weighted by Gasteiger charge is 2.21. The average Bonchev–Trinajstić information content (AvgIpc) is 2.63. The highest BCUT2D eigenvalue weighted by atomic mass is 127. The highest BCUT2D eigenvalue weighted by molar-refractivity contribution is 14.1.